The molecule has 29 heavy (non-hydrogen) atoms. The summed E-state index contributed by atoms with van der Waals surface area (Å²) >= 11 is 0. The maximum atomic E-state index is 13.7. The summed E-state index contributed by atoms with van der Waals surface area (Å²) in [5.74, 6) is -0.625. The molecule has 0 fully saturated rings. The summed E-state index contributed by atoms with van der Waals surface area (Å²) in [5.41, 5.74) is 4.21. The van der Waals surface area contributed by atoms with Crippen molar-refractivity contribution in [3.8, 4) is 0 Å². The van der Waals surface area contributed by atoms with Crippen LogP contribution < -0.4 is 0 Å². The minimum absolute atomic E-state index is 0.120. The lowest BCUT2D eigenvalue weighted by molar-refractivity contribution is 0.0852. The van der Waals surface area contributed by atoms with Crippen LogP contribution in [-0.4, -0.2) is 11.6 Å². The Hall–Kier alpha value is -3.52. The lowest BCUT2D eigenvalue weighted by atomic mass is 9.57. The molecule has 4 aromatic carbocycles. The summed E-state index contributed by atoms with van der Waals surface area (Å²) in [6.07, 6.45) is 0. The minimum atomic E-state index is -0.338. The van der Waals surface area contributed by atoms with Crippen LogP contribution in [0.5, 0.6) is 0 Å². The van der Waals surface area contributed by atoms with E-state index in [0.29, 0.717) is 11.1 Å². The highest BCUT2D eigenvalue weighted by Crippen LogP contribution is 2.56. The first kappa shape index (κ1) is 16.4. The fourth-order valence-corrected chi connectivity index (χ4v) is 5.41. The van der Waals surface area contributed by atoms with Crippen molar-refractivity contribution < 1.29 is 9.59 Å². The van der Waals surface area contributed by atoms with Crippen LogP contribution in [0.2, 0.25) is 0 Å². The number of hydrogen-bond donors (Lipinski definition) is 0. The summed E-state index contributed by atoms with van der Waals surface area (Å²) in [7, 11) is 0. The summed E-state index contributed by atoms with van der Waals surface area (Å²) in [5, 5.41) is 2.25. The zero-order chi connectivity index (χ0) is 19.5. The van der Waals surface area contributed by atoms with Gasteiger partial charge in [-0.15, -0.1) is 0 Å². The number of carbonyl (C=O) groups is 2. The van der Waals surface area contributed by atoms with Gasteiger partial charge in [0.2, 0.25) is 0 Å². The molecule has 0 saturated carbocycles. The first-order chi connectivity index (χ1) is 14.3. The van der Waals surface area contributed by atoms with Crippen molar-refractivity contribution in [3.05, 3.63) is 119 Å². The number of fused-ring (bicyclic) bond motifs is 7. The molecule has 0 spiro atoms. The molecule has 2 aliphatic carbocycles. The molecule has 2 nitrogen and oxygen atoms in total. The lowest BCUT2D eigenvalue weighted by Gasteiger charge is -2.43. The van der Waals surface area contributed by atoms with Gasteiger partial charge in [-0.1, -0.05) is 91.0 Å². The topological polar surface area (TPSA) is 34.1 Å². The van der Waals surface area contributed by atoms with Crippen LogP contribution in [0.15, 0.2) is 91.0 Å². The number of rotatable bonds is 1. The zero-order valence-electron chi connectivity index (χ0n) is 15.7. The zero-order valence-corrected chi connectivity index (χ0v) is 15.7. The van der Waals surface area contributed by atoms with Crippen molar-refractivity contribution >= 4 is 22.3 Å². The molecular formula is C27H18O2. The summed E-state index contributed by atoms with van der Waals surface area (Å²) in [4.78, 5) is 27.4. The van der Waals surface area contributed by atoms with Gasteiger partial charge in [-0.3, -0.25) is 9.59 Å². The average molecular weight is 374 g/mol. The molecule has 0 saturated heterocycles. The average Bonchev–Trinajstić information content (AvgIpc) is 2.78. The molecule has 2 heteroatoms. The van der Waals surface area contributed by atoms with E-state index in [4.69, 9.17) is 0 Å². The Balaban J connectivity index is 1.71. The highest BCUT2D eigenvalue weighted by atomic mass is 16.1. The van der Waals surface area contributed by atoms with E-state index in [1.165, 1.54) is 0 Å². The molecule has 0 heterocycles. The third-order valence-electron chi connectivity index (χ3n) is 6.59. The lowest BCUT2D eigenvalue weighted by Crippen LogP contribution is -2.40. The Kier molecular flexibility index (Phi) is 3.39. The van der Waals surface area contributed by atoms with E-state index in [-0.39, 0.29) is 29.3 Å². The predicted molar refractivity (Wildman–Crippen MR) is 114 cm³/mol. The van der Waals surface area contributed by atoms with E-state index in [2.05, 4.69) is 24.3 Å². The molecule has 0 N–H and O–H groups in total. The second-order valence-corrected chi connectivity index (χ2v) is 7.95. The normalized spacial score (nSPS) is 22.3. The molecular weight excluding hydrogens is 356 g/mol. The maximum absolute atomic E-state index is 13.7. The van der Waals surface area contributed by atoms with Crippen LogP contribution in [0.1, 0.15) is 55.2 Å². The molecule has 138 valence electrons. The Bertz CT molecular complexity index is 1250. The van der Waals surface area contributed by atoms with Gasteiger partial charge >= 0.3 is 0 Å². The van der Waals surface area contributed by atoms with Crippen molar-refractivity contribution in [1.29, 1.82) is 0 Å². The first-order valence-electron chi connectivity index (χ1n) is 9.99. The van der Waals surface area contributed by atoms with Gasteiger partial charge in [0.25, 0.3) is 0 Å². The van der Waals surface area contributed by atoms with Gasteiger partial charge in [-0.25, -0.2) is 0 Å². The van der Waals surface area contributed by atoms with Gasteiger partial charge in [0.05, 0.1) is 11.8 Å². The first-order valence-corrected chi connectivity index (χ1v) is 9.99. The number of benzene rings is 4. The van der Waals surface area contributed by atoms with Crippen molar-refractivity contribution in [2.45, 2.75) is 17.8 Å². The molecule has 6 rings (SSSR count). The maximum Gasteiger partial charge on any atom is 0.171 e. The van der Waals surface area contributed by atoms with E-state index in [1.54, 1.807) is 0 Å². The van der Waals surface area contributed by atoms with Gasteiger partial charge in [-0.05, 0) is 27.5 Å². The van der Waals surface area contributed by atoms with Crippen molar-refractivity contribution in [2.75, 3.05) is 0 Å². The number of Topliss-reactive ketones (excluding diaryl/α,β-unsaturated/α-hetero) is 2. The molecule has 0 amide bonds. The Morgan fingerprint density at radius 3 is 1.62 bits per heavy atom. The molecule has 0 aliphatic heterocycles. The Morgan fingerprint density at radius 2 is 0.966 bits per heavy atom. The highest BCUT2D eigenvalue weighted by Gasteiger charge is 2.51. The minimum Gasteiger partial charge on any atom is -0.293 e. The van der Waals surface area contributed by atoms with Crippen molar-refractivity contribution in [1.82, 2.24) is 0 Å². The van der Waals surface area contributed by atoms with Crippen LogP contribution in [0.4, 0.5) is 0 Å². The molecule has 2 aliphatic rings. The van der Waals surface area contributed by atoms with Crippen LogP contribution in [-0.2, 0) is 0 Å². The van der Waals surface area contributed by atoms with E-state index in [1.807, 2.05) is 66.7 Å². The Labute approximate surface area is 168 Å². The molecule has 2 bridgehead atoms. The van der Waals surface area contributed by atoms with E-state index >= 15 is 0 Å². The number of carbonyl (C=O) groups excluding carboxylic acids is 2. The number of ketones is 2. The standard InChI is InChI=1S/C27H18O2/c28-26-21-13-5-3-11-19(21)24-23(18-15-7-9-16-8-1-2-10-17(16)18)25(26)20-12-4-6-14-22(20)27(24)29/h1-15,23-25H. The quantitative estimate of drug-likeness (QED) is 0.417. The van der Waals surface area contributed by atoms with Gasteiger partial charge in [0.1, 0.15) is 0 Å². The van der Waals surface area contributed by atoms with Gasteiger partial charge in [0.15, 0.2) is 11.6 Å². The van der Waals surface area contributed by atoms with Gasteiger partial charge in [-0.2, -0.15) is 0 Å². The second kappa shape index (κ2) is 5.99. The van der Waals surface area contributed by atoms with Crippen molar-refractivity contribution in [3.63, 3.8) is 0 Å². The second-order valence-electron chi connectivity index (χ2n) is 7.95. The van der Waals surface area contributed by atoms with Crippen LogP contribution >= 0.6 is 0 Å². The monoisotopic (exact) mass is 374 g/mol. The molecule has 4 aromatic rings. The third-order valence-corrected chi connectivity index (χ3v) is 6.59. The third kappa shape index (κ3) is 2.17. The predicted octanol–water partition coefficient (Wildman–Crippen LogP) is 5.88. The van der Waals surface area contributed by atoms with E-state index in [0.717, 1.165) is 27.5 Å². The summed E-state index contributed by atoms with van der Waals surface area (Å²) in [6.45, 7) is 0. The van der Waals surface area contributed by atoms with Crippen LogP contribution in [0, 0.1) is 0 Å². The largest absolute Gasteiger partial charge is 0.293 e. The smallest absolute Gasteiger partial charge is 0.171 e. The van der Waals surface area contributed by atoms with Crippen LogP contribution in [0.25, 0.3) is 10.8 Å². The van der Waals surface area contributed by atoms with Gasteiger partial charge in [0, 0.05) is 17.0 Å². The van der Waals surface area contributed by atoms with Crippen molar-refractivity contribution in [2.24, 2.45) is 0 Å². The molecule has 2 atom stereocenters. The van der Waals surface area contributed by atoms with E-state index < -0.39 is 0 Å². The van der Waals surface area contributed by atoms with Gasteiger partial charge < -0.3 is 0 Å². The fourth-order valence-electron chi connectivity index (χ4n) is 5.41. The molecule has 2 unspecified atom stereocenters. The number of hydrogen-bond acceptors (Lipinski definition) is 2. The van der Waals surface area contributed by atoms with Crippen LogP contribution in [0.3, 0.4) is 0 Å². The SMILES string of the molecule is O=C1c2ccccc2C2C(=O)c3ccccc3C1C2c1cccc2ccccc12. The fraction of sp³-hybridized carbons (Fsp3) is 0.111. The summed E-state index contributed by atoms with van der Waals surface area (Å²) in [6, 6.07) is 29.7. The Morgan fingerprint density at radius 1 is 0.483 bits per heavy atom. The molecule has 0 radical (unpaired) electrons. The molecule has 0 aromatic heterocycles. The highest BCUT2D eigenvalue weighted by molar-refractivity contribution is 6.15. The van der Waals surface area contributed by atoms with E-state index in [9.17, 15) is 9.59 Å². The summed E-state index contributed by atoms with van der Waals surface area (Å²) < 4.78 is 0.